The van der Waals surface area contributed by atoms with E-state index in [-0.39, 0.29) is 28.6 Å². The Morgan fingerprint density at radius 1 is 1.42 bits per heavy atom. The molecule has 0 spiro atoms. The predicted octanol–water partition coefficient (Wildman–Crippen LogP) is 2.93. The molecule has 0 aromatic carbocycles. The number of methoxy groups -OCH3 is 1. The van der Waals surface area contributed by atoms with E-state index in [0.717, 1.165) is 10.8 Å². The number of hydrogen-bond donors (Lipinski definition) is 1. The maximum atomic E-state index is 13.4. The van der Waals surface area contributed by atoms with Gasteiger partial charge in [0.15, 0.2) is 5.13 Å². The summed E-state index contributed by atoms with van der Waals surface area (Å²) in [6.07, 6.45) is 0. The Hall–Kier alpha value is -1.63. The maximum Gasteiger partial charge on any atom is 0.328 e. The van der Waals surface area contributed by atoms with Gasteiger partial charge in [-0.25, -0.2) is 9.78 Å². The second-order valence-electron chi connectivity index (χ2n) is 9.15. The zero-order chi connectivity index (χ0) is 19.4. The van der Waals surface area contributed by atoms with Gasteiger partial charge in [-0.2, -0.15) is 0 Å². The summed E-state index contributed by atoms with van der Waals surface area (Å²) in [4.78, 5) is 32.1. The van der Waals surface area contributed by atoms with Crippen molar-refractivity contribution in [3.05, 3.63) is 11.1 Å². The van der Waals surface area contributed by atoms with Crippen LogP contribution in [0.4, 0.5) is 5.13 Å². The SMILES string of the molecule is COC(=O)[C@@H]1[C@@H]2[C@H](CN1C(=O)[C@@H](Nc1nc(C)cs1)C(C)(C)C)C2(C)C. The van der Waals surface area contributed by atoms with E-state index in [2.05, 4.69) is 24.1 Å². The molecule has 1 aromatic rings. The summed E-state index contributed by atoms with van der Waals surface area (Å²) >= 11 is 1.49. The van der Waals surface area contributed by atoms with Crippen LogP contribution in [0.2, 0.25) is 0 Å². The number of thiazole rings is 1. The number of amides is 1. The van der Waals surface area contributed by atoms with E-state index < -0.39 is 12.1 Å². The highest BCUT2D eigenvalue weighted by Crippen LogP contribution is 2.65. The van der Waals surface area contributed by atoms with Crippen molar-refractivity contribution in [3.63, 3.8) is 0 Å². The number of rotatable bonds is 4. The average Bonchev–Trinajstić information content (AvgIpc) is 2.93. The van der Waals surface area contributed by atoms with Crippen LogP contribution in [0.15, 0.2) is 5.38 Å². The molecular weight excluding hydrogens is 350 g/mol. The van der Waals surface area contributed by atoms with Gasteiger partial charge in [0.1, 0.15) is 12.1 Å². The molecule has 0 bridgehead atoms. The number of aromatic nitrogens is 1. The largest absolute Gasteiger partial charge is 0.467 e. The molecule has 26 heavy (non-hydrogen) atoms. The summed E-state index contributed by atoms with van der Waals surface area (Å²) in [6.45, 7) is 12.9. The molecule has 4 atom stereocenters. The first kappa shape index (κ1) is 19.1. The van der Waals surface area contributed by atoms with E-state index in [9.17, 15) is 9.59 Å². The van der Waals surface area contributed by atoms with Gasteiger partial charge in [0.2, 0.25) is 5.91 Å². The monoisotopic (exact) mass is 379 g/mol. The molecule has 1 saturated heterocycles. The van der Waals surface area contributed by atoms with Crippen molar-refractivity contribution in [2.45, 2.75) is 53.6 Å². The lowest BCUT2D eigenvalue weighted by molar-refractivity contribution is -0.154. The lowest BCUT2D eigenvalue weighted by Crippen LogP contribution is -2.54. The molecule has 1 aliphatic heterocycles. The van der Waals surface area contributed by atoms with Crippen LogP contribution in [0.1, 0.15) is 40.3 Å². The van der Waals surface area contributed by atoms with Gasteiger partial charge in [-0.15, -0.1) is 11.3 Å². The Morgan fingerprint density at radius 2 is 2.08 bits per heavy atom. The number of piperidine rings is 1. The van der Waals surface area contributed by atoms with Crippen LogP contribution in [0, 0.1) is 29.6 Å². The van der Waals surface area contributed by atoms with Gasteiger partial charge in [-0.05, 0) is 23.7 Å². The van der Waals surface area contributed by atoms with Gasteiger partial charge < -0.3 is 15.0 Å². The first-order valence-corrected chi connectivity index (χ1v) is 9.93. The van der Waals surface area contributed by atoms with E-state index in [1.165, 1.54) is 18.4 Å². The van der Waals surface area contributed by atoms with Crippen LogP contribution in [0.3, 0.4) is 0 Å². The summed E-state index contributed by atoms with van der Waals surface area (Å²) in [7, 11) is 1.39. The van der Waals surface area contributed by atoms with Crippen molar-refractivity contribution in [2.24, 2.45) is 22.7 Å². The van der Waals surface area contributed by atoms with Gasteiger partial charge in [0, 0.05) is 17.8 Å². The second kappa shape index (κ2) is 6.22. The minimum Gasteiger partial charge on any atom is -0.467 e. The summed E-state index contributed by atoms with van der Waals surface area (Å²) in [5.74, 6) is 0.179. The van der Waals surface area contributed by atoms with Gasteiger partial charge in [0.05, 0.1) is 12.8 Å². The standard InChI is InChI=1S/C19H29N3O3S/c1-10-9-26-17(20-10)21-14(18(2,3)4)15(23)22-8-11-12(19(11,5)6)13(22)16(24)25-7/h9,11-14H,8H2,1-7H3,(H,20,21)/t11-,12-,13-,14+/m0/s1. The summed E-state index contributed by atoms with van der Waals surface area (Å²) in [5, 5.41) is 6.00. The number of nitrogens with one attached hydrogen (secondary N) is 1. The lowest BCUT2D eigenvalue weighted by Gasteiger charge is -2.37. The molecule has 1 aliphatic carbocycles. The zero-order valence-corrected chi connectivity index (χ0v) is 17.4. The predicted molar refractivity (Wildman–Crippen MR) is 102 cm³/mol. The highest BCUT2D eigenvalue weighted by molar-refractivity contribution is 7.13. The van der Waals surface area contributed by atoms with Gasteiger partial charge in [-0.3, -0.25) is 4.79 Å². The maximum absolute atomic E-state index is 13.4. The Labute approximate surface area is 159 Å². The smallest absolute Gasteiger partial charge is 0.328 e. The molecule has 6 nitrogen and oxygen atoms in total. The van der Waals surface area contributed by atoms with E-state index in [1.807, 2.05) is 33.1 Å². The molecule has 3 rings (SSSR count). The van der Waals surface area contributed by atoms with Crippen molar-refractivity contribution in [3.8, 4) is 0 Å². The molecule has 7 heteroatoms. The normalized spacial score (nSPS) is 27.7. The number of carbonyl (C=O) groups excluding carboxylic acids is 2. The van der Waals surface area contributed by atoms with Crippen LogP contribution >= 0.6 is 11.3 Å². The summed E-state index contributed by atoms with van der Waals surface area (Å²) in [5.41, 5.74) is 0.695. The fourth-order valence-electron chi connectivity index (χ4n) is 4.26. The number of nitrogens with zero attached hydrogens (tertiary/aromatic N) is 2. The fourth-order valence-corrected chi connectivity index (χ4v) is 4.98. The van der Waals surface area contributed by atoms with E-state index in [4.69, 9.17) is 4.74 Å². The van der Waals surface area contributed by atoms with Crippen LogP contribution in [-0.4, -0.2) is 47.5 Å². The van der Waals surface area contributed by atoms with Crippen LogP contribution in [0.25, 0.3) is 0 Å². The number of anilines is 1. The number of aryl methyl sites for hydroxylation is 1. The Balaban J connectivity index is 1.85. The highest BCUT2D eigenvalue weighted by atomic mass is 32.1. The van der Waals surface area contributed by atoms with Crippen molar-refractivity contribution < 1.29 is 14.3 Å². The Bertz CT molecular complexity index is 722. The number of carbonyl (C=O) groups is 2. The molecule has 2 aliphatic rings. The molecule has 1 saturated carbocycles. The topological polar surface area (TPSA) is 71.5 Å². The number of likely N-dealkylation sites (tertiary alicyclic amines) is 1. The molecular formula is C19H29N3O3S. The quantitative estimate of drug-likeness (QED) is 0.815. The summed E-state index contributed by atoms with van der Waals surface area (Å²) < 4.78 is 5.03. The molecule has 2 heterocycles. The van der Waals surface area contributed by atoms with E-state index >= 15 is 0 Å². The third-order valence-corrected chi connectivity index (χ3v) is 6.83. The van der Waals surface area contributed by atoms with Crippen LogP contribution in [-0.2, 0) is 14.3 Å². The van der Waals surface area contributed by atoms with Crippen LogP contribution < -0.4 is 5.32 Å². The highest BCUT2D eigenvalue weighted by Gasteiger charge is 2.70. The molecule has 1 amide bonds. The molecule has 2 fully saturated rings. The third-order valence-electron chi connectivity index (χ3n) is 5.93. The van der Waals surface area contributed by atoms with Crippen molar-refractivity contribution in [1.82, 2.24) is 9.88 Å². The Kier molecular flexibility index (Phi) is 4.58. The van der Waals surface area contributed by atoms with Crippen molar-refractivity contribution >= 4 is 28.3 Å². The van der Waals surface area contributed by atoms with Crippen molar-refractivity contribution in [1.29, 1.82) is 0 Å². The van der Waals surface area contributed by atoms with Crippen molar-refractivity contribution in [2.75, 3.05) is 19.0 Å². The number of ether oxygens (including phenoxy) is 1. The number of hydrogen-bond acceptors (Lipinski definition) is 6. The fraction of sp³-hybridized carbons (Fsp3) is 0.737. The molecule has 144 valence electrons. The number of esters is 1. The summed E-state index contributed by atoms with van der Waals surface area (Å²) in [6, 6.07) is -0.946. The molecule has 0 radical (unpaired) electrons. The second-order valence-corrected chi connectivity index (χ2v) is 10.0. The van der Waals surface area contributed by atoms with Gasteiger partial charge in [0.25, 0.3) is 0 Å². The lowest BCUT2D eigenvalue weighted by atomic mass is 9.85. The number of fused-ring (bicyclic) bond motifs is 1. The van der Waals surface area contributed by atoms with E-state index in [1.54, 1.807) is 4.90 Å². The first-order valence-electron chi connectivity index (χ1n) is 9.05. The Morgan fingerprint density at radius 3 is 2.58 bits per heavy atom. The molecule has 1 aromatic heterocycles. The minimum absolute atomic E-state index is 0.0521. The van der Waals surface area contributed by atoms with Gasteiger partial charge >= 0.3 is 5.97 Å². The van der Waals surface area contributed by atoms with Crippen LogP contribution in [0.5, 0.6) is 0 Å². The zero-order valence-electron chi connectivity index (χ0n) is 16.6. The third kappa shape index (κ3) is 3.10. The molecule has 1 N–H and O–H groups in total. The van der Waals surface area contributed by atoms with Gasteiger partial charge in [-0.1, -0.05) is 34.6 Å². The first-order chi connectivity index (χ1) is 12.0. The minimum atomic E-state index is -0.489. The average molecular weight is 380 g/mol. The van der Waals surface area contributed by atoms with E-state index in [0.29, 0.717) is 12.5 Å². The molecule has 0 unspecified atom stereocenters.